The van der Waals surface area contributed by atoms with E-state index in [4.69, 9.17) is 32.7 Å². The van der Waals surface area contributed by atoms with Gasteiger partial charge in [-0.25, -0.2) is 4.79 Å². The van der Waals surface area contributed by atoms with Gasteiger partial charge >= 0.3 is 11.9 Å². The molecule has 6 nitrogen and oxygen atoms in total. The first-order valence-corrected chi connectivity index (χ1v) is 6.56. The van der Waals surface area contributed by atoms with E-state index in [0.29, 0.717) is 0 Å². The van der Waals surface area contributed by atoms with Crippen LogP contribution in [0.25, 0.3) is 0 Å². The molecule has 0 aromatic carbocycles. The average Bonchev–Trinajstić information content (AvgIpc) is 2.36. The molecule has 0 aliphatic heterocycles. The predicted molar refractivity (Wildman–Crippen MR) is 69.1 cm³/mol. The van der Waals surface area contributed by atoms with Crippen LogP contribution in [0, 0.1) is 0 Å². The number of isocyanates is 1. The Morgan fingerprint density at radius 2 is 1.53 bits per heavy atom. The van der Waals surface area contributed by atoms with Crippen molar-refractivity contribution in [1.29, 1.82) is 0 Å². The molecule has 0 N–H and O–H groups in total. The zero-order chi connectivity index (χ0) is 14.7. The molecule has 19 heavy (non-hydrogen) atoms. The van der Waals surface area contributed by atoms with Crippen molar-refractivity contribution in [2.24, 2.45) is 4.99 Å². The summed E-state index contributed by atoms with van der Waals surface area (Å²) in [7, 11) is 0. The summed E-state index contributed by atoms with van der Waals surface area (Å²) >= 11 is 10.8. The van der Waals surface area contributed by atoms with E-state index in [0.717, 1.165) is 0 Å². The van der Waals surface area contributed by atoms with E-state index in [1.54, 1.807) is 0 Å². The number of hydrogen-bond donors (Lipinski definition) is 0. The summed E-state index contributed by atoms with van der Waals surface area (Å²) in [5.74, 6) is -0.766. The smallest absolute Gasteiger partial charge is 0.307 e. The standard InChI is InChI=1S/C11H15Cl2NO5/c1-11(14-8-15,6-18-9(16)2-4-12)7-19-10(17)3-5-13/h2-7H2,1H3. The Balaban J connectivity index is 4.37. The average molecular weight is 312 g/mol. The van der Waals surface area contributed by atoms with Crippen molar-refractivity contribution in [3.63, 3.8) is 0 Å². The van der Waals surface area contributed by atoms with Crippen LogP contribution in [0.5, 0.6) is 0 Å². The van der Waals surface area contributed by atoms with Crippen LogP contribution in [0.2, 0.25) is 0 Å². The number of aliphatic imine (C=N–C) groups is 1. The highest BCUT2D eigenvalue weighted by Gasteiger charge is 2.28. The van der Waals surface area contributed by atoms with E-state index in [1.165, 1.54) is 13.0 Å². The van der Waals surface area contributed by atoms with Crippen LogP contribution >= 0.6 is 23.2 Å². The van der Waals surface area contributed by atoms with E-state index in [1.807, 2.05) is 0 Å². The minimum Gasteiger partial charge on any atom is -0.463 e. The number of ether oxygens (including phenoxy) is 2. The normalized spacial score (nSPS) is 10.5. The van der Waals surface area contributed by atoms with Gasteiger partial charge in [-0.1, -0.05) is 0 Å². The molecule has 0 radical (unpaired) electrons. The number of hydrogen-bond acceptors (Lipinski definition) is 6. The molecule has 0 aliphatic rings. The lowest BCUT2D eigenvalue weighted by atomic mass is 10.1. The third-order valence-electron chi connectivity index (χ3n) is 2.00. The van der Waals surface area contributed by atoms with E-state index < -0.39 is 17.5 Å². The van der Waals surface area contributed by atoms with Crippen molar-refractivity contribution >= 4 is 41.2 Å². The second-order valence-electron chi connectivity index (χ2n) is 3.90. The van der Waals surface area contributed by atoms with Crippen molar-refractivity contribution in [2.45, 2.75) is 25.3 Å². The molecular formula is C11H15Cl2NO5. The molecule has 0 spiro atoms. The fraction of sp³-hybridized carbons (Fsp3) is 0.727. The van der Waals surface area contributed by atoms with E-state index >= 15 is 0 Å². The van der Waals surface area contributed by atoms with Gasteiger partial charge in [-0.3, -0.25) is 9.59 Å². The quantitative estimate of drug-likeness (QED) is 0.278. The summed E-state index contributed by atoms with van der Waals surface area (Å²) in [6.07, 6.45) is 1.46. The van der Waals surface area contributed by atoms with Gasteiger partial charge in [-0.05, 0) is 6.92 Å². The molecule has 0 aromatic heterocycles. The van der Waals surface area contributed by atoms with Crippen LogP contribution in [0.4, 0.5) is 0 Å². The van der Waals surface area contributed by atoms with Gasteiger partial charge in [0.05, 0.1) is 12.8 Å². The molecular weight excluding hydrogens is 297 g/mol. The summed E-state index contributed by atoms with van der Waals surface area (Å²) in [6, 6.07) is 0. The van der Waals surface area contributed by atoms with Crippen LogP contribution in [0.15, 0.2) is 4.99 Å². The molecule has 0 rings (SSSR count). The first kappa shape index (κ1) is 17.9. The minimum atomic E-state index is -1.16. The van der Waals surface area contributed by atoms with Gasteiger partial charge in [0.15, 0.2) is 0 Å². The highest BCUT2D eigenvalue weighted by molar-refractivity contribution is 6.19. The number of halogens is 2. The number of carbonyl (C=O) groups excluding carboxylic acids is 3. The molecule has 8 heteroatoms. The SMILES string of the molecule is CC(COC(=O)CCCl)(COC(=O)CCCl)N=C=O. The maximum Gasteiger partial charge on any atom is 0.307 e. The van der Waals surface area contributed by atoms with Crippen molar-refractivity contribution in [3.8, 4) is 0 Å². The molecule has 0 aliphatic carbocycles. The summed E-state index contributed by atoms with van der Waals surface area (Å²) in [4.78, 5) is 36.2. The lowest BCUT2D eigenvalue weighted by molar-refractivity contribution is -0.149. The number of nitrogens with zero attached hydrogens (tertiary/aromatic N) is 1. The monoisotopic (exact) mass is 311 g/mol. The van der Waals surface area contributed by atoms with Gasteiger partial charge in [0.25, 0.3) is 0 Å². The summed E-state index contributed by atoms with van der Waals surface area (Å²) < 4.78 is 9.76. The van der Waals surface area contributed by atoms with Gasteiger partial charge in [0, 0.05) is 11.8 Å². The summed E-state index contributed by atoms with van der Waals surface area (Å²) in [6.45, 7) is 1.10. The fourth-order valence-electron chi connectivity index (χ4n) is 0.987. The Labute approximate surface area is 121 Å². The molecule has 108 valence electrons. The Morgan fingerprint density at radius 3 is 1.84 bits per heavy atom. The van der Waals surface area contributed by atoms with Crippen molar-refractivity contribution < 1.29 is 23.9 Å². The first-order valence-electron chi connectivity index (χ1n) is 5.49. The molecule has 0 aromatic rings. The Hall–Kier alpha value is -1.10. The fourth-order valence-corrected chi connectivity index (χ4v) is 1.30. The lowest BCUT2D eigenvalue weighted by Crippen LogP contribution is -2.36. The second-order valence-corrected chi connectivity index (χ2v) is 4.66. The Morgan fingerprint density at radius 1 is 1.11 bits per heavy atom. The summed E-state index contributed by atoms with van der Waals surface area (Å²) in [5.41, 5.74) is -1.16. The number of rotatable bonds is 9. The van der Waals surface area contributed by atoms with Gasteiger partial charge < -0.3 is 9.47 Å². The highest BCUT2D eigenvalue weighted by atomic mass is 35.5. The Kier molecular flexibility index (Phi) is 9.21. The van der Waals surface area contributed by atoms with Gasteiger partial charge in [0.1, 0.15) is 18.8 Å². The van der Waals surface area contributed by atoms with Crippen LogP contribution in [-0.4, -0.2) is 48.5 Å². The topological polar surface area (TPSA) is 82.0 Å². The zero-order valence-electron chi connectivity index (χ0n) is 10.5. The molecule has 0 unspecified atom stereocenters. The Bertz CT molecular complexity index is 333. The maximum absolute atomic E-state index is 11.2. The number of esters is 2. The predicted octanol–water partition coefficient (Wildman–Crippen LogP) is 1.43. The van der Waals surface area contributed by atoms with Gasteiger partial charge in [-0.2, -0.15) is 4.99 Å². The van der Waals surface area contributed by atoms with Crippen LogP contribution in [-0.2, 0) is 23.9 Å². The first-order chi connectivity index (χ1) is 8.97. The lowest BCUT2D eigenvalue weighted by Gasteiger charge is -2.22. The van der Waals surface area contributed by atoms with Gasteiger partial charge in [0.2, 0.25) is 6.08 Å². The van der Waals surface area contributed by atoms with Crippen LogP contribution in [0.3, 0.4) is 0 Å². The van der Waals surface area contributed by atoms with E-state index in [-0.39, 0.29) is 37.8 Å². The zero-order valence-corrected chi connectivity index (χ0v) is 12.0. The van der Waals surface area contributed by atoms with Crippen LogP contribution in [0.1, 0.15) is 19.8 Å². The molecule has 0 amide bonds. The van der Waals surface area contributed by atoms with Gasteiger partial charge in [-0.15, -0.1) is 23.2 Å². The second kappa shape index (κ2) is 9.78. The largest absolute Gasteiger partial charge is 0.463 e. The maximum atomic E-state index is 11.2. The molecule has 0 fully saturated rings. The number of carbonyl (C=O) groups is 2. The van der Waals surface area contributed by atoms with Crippen LogP contribution < -0.4 is 0 Å². The minimum absolute atomic E-state index is 0.0501. The van der Waals surface area contributed by atoms with Crippen molar-refractivity contribution in [3.05, 3.63) is 0 Å². The third-order valence-corrected chi connectivity index (χ3v) is 2.38. The number of alkyl halides is 2. The van der Waals surface area contributed by atoms with Crippen molar-refractivity contribution in [1.82, 2.24) is 0 Å². The molecule has 0 atom stereocenters. The summed E-state index contributed by atoms with van der Waals surface area (Å²) in [5, 5.41) is 0. The molecule has 0 bridgehead atoms. The third kappa shape index (κ3) is 8.59. The molecule has 0 heterocycles. The van der Waals surface area contributed by atoms with E-state index in [2.05, 4.69) is 4.99 Å². The highest BCUT2D eigenvalue weighted by Crippen LogP contribution is 2.12. The van der Waals surface area contributed by atoms with Crippen molar-refractivity contribution in [2.75, 3.05) is 25.0 Å². The molecule has 0 saturated heterocycles. The molecule has 0 saturated carbocycles. The van der Waals surface area contributed by atoms with E-state index in [9.17, 15) is 14.4 Å².